The molecular weight excluding hydrogens is 287 g/mol. The maximum Gasteiger partial charge on any atom is 0.318 e. The molecule has 1 N–H and O–H groups in total. The van der Waals surface area contributed by atoms with Crippen LogP contribution in [0.5, 0.6) is 0 Å². The zero-order chi connectivity index (χ0) is 15.6. The Hall–Kier alpha value is -1.83. The molecule has 0 aliphatic carbocycles. The molecule has 0 aromatic carbocycles. The molecule has 5 nitrogen and oxygen atoms in total. The molecule has 0 bridgehead atoms. The summed E-state index contributed by atoms with van der Waals surface area (Å²) in [6, 6.07) is -1.27. The highest BCUT2D eigenvalue weighted by molar-refractivity contribution is 5.75. The van der Waals surface area contributed by atoms with Crippen molar-refractivity contribution in [2.75, 3.05) is 20.3 Å². The molecule has 1 aliphatic rings. The summed E-state index contributed by atoms with van der Waals surface area (Å²) in [6.45, 7) is 0.641. The number of aromatic nitrogens is 1. The zero-order valence-electron chi connectivity index (χ0n) is 11.6. The predicted octanol–water partition coefficient (Wildman–Crippen LogP) is 1.96. The number of halogens is 3. The Morgan fingerprint density at radius 1 is 1.62 bits per heavy atom. The van der Waals surface area contributed by atoms with E-state index in [0.29, 0.717) is 0 Å². The molecule has 2 heterocycles. The molecule has 1 aromatic heterocycles. The van der Waals surface area contributed by atoms with Gasteiger partial charge in [0.1, 0.15) is 18.5 Å². The highest BCUT2D eigenvalue weighted by Gasteiger charge is 2.46. The fourth-order valence-electron chi connectivity index (χ4n) is 2.04. The van der Waals surface area contributed by atoms with Crippen LogP contribution in [0.15, 0.2) is 18.5 Å². The first-order valence-corrected chi connectivity index (χ1v) is 6.41. The molecular formula is C13H16F3N3O2. The summed E-state index contributed by atoms with van der Waals surface area (Å²) in [4.78, 5) is 16.8. The van der Waals surface area contributed by atoms with E-state index in [9.17, 15) is 18.0 Å². The fourth-order valence-corrected chi connectivity index (χ4v) is 2.04. The van der Waals surface area contributed by atoms with Gasteiger partial charge < -0.3 is 15.0 Å². The minimum absolute atomic E-state index is 0.245. The van der Waals surface area contributed by atoms with E-state index in [4.69, 9.17) is 0 Å². The van der Waals surface area contributed by atoms with Gasteiger partial charge in [0, 0.05) is 18.8 Å². The second-order valence-corrected chi connectivity index (χ2v) is 4.96. The fraction of sp³-hybridized carbons (Fsp3) is 0.538. The van der Waals surface area contributed by atoms with Crippen LogP contribution < -0.4 is 5.32 Å². The second-order valence-electron chi connectivity index (χ2n) is 4.96. The number of carbonyl (C=O) groups is 1. The Bertz CT molecular complexity index is 527. The van der Waals surface area contributed by atoms with E-state index in [0.717, 1.165) is 11.1 Å². The van der Waals surface area contributed by atoms with E-state index in [1.807, 2.05) is 0 Å². The number of ether oxygens (including phenoxy) is 1. The maximum atomic E-state index is 13.6. The highest BCUT2D eigenvalue weighted by atomic mass is 19.3. The molecule has 2 atom stereocenters. The Balaban J connectivity index is 2.04. The third-order valence-electron chi connectivity index (χ3n) is 3.54. The molecule has 1 saturated heterocycles. The van der Waals surface area contributed by atoms with Crippen molar-refractivity contribution >= 4 is 6.03 Å². The number of rotatable bonds is 3. The van der Waals surface area contributed by atoms with Crippen LogP contribution in [-0.4, -0.2) is 48.1 Å². The quantitative estimate of drug-likeness (QED) is 0.928. The monoisotopic (exact) mass is 303 g/mol. The number of hydrogen-bond donors (Lipinski definition) is 1. The van der Waals surface area contributed by atoms with E-state index in [-0.39, 0.29) is 12.2 Å². The largest absolute Gasteiger partial charge is 0.373 e. The van der Waals surface area contributed by atoms with Crippen LogP contribution in [0.3, 0.4) is 0 Å². The van der Waals surface area contributed by atoms with E-state index < -0.39 is 36.5 Å². The molecule has 8 heteroatoms. The van der Waals surface area contributed by atoms with E-state index >= 15 is 0 Å². The third-order valence-corrected chi connectivity index (χ3v) is 3.54. The number of hydrogen-bond acceptors (Lipinski definition) is 3. The minimum atomic E-state index is -3.10. The topological polar surface area (TPSA) is 54.5 Å². The minimum Gasteiger partial charge on any atom is -0.373 e. The SMILES string of the molecule is C[C@@H](c1ccncc1F)N(C)C(=O)N[C@@H]1COCC1(F)F. The highest BCUT2D eigenvalue weighted by Crippen LogP contribution is 2.26. The Kier molecular flexibility index (Phi) is 4.36. The second kappa shape index (κ2) is 5.88. The summed E-state index contributed by atoms with van der Waals surface area (Å²) < 4.78 is 45.1. The molecule has 2 rings (SSSR count). The van der Waals surface area contributed by atoms with Gasteiger partial charge in [-0.05, 0) is 13.0 Å². The van der Waals surface area contributed by atoms with Crippen molar-refractivity contribution in [1.82, 2.24) is 15.2 Å². The molecule has 0 unspecified atom stereocenters. The van der Waals surface area contributed by atoms with E-state index in [2.05, 4.69) is 15.0 Å². The summed E-state index contributed by atoms with van der Waals surface area (Å²) in [6.07, 6.45) is 2.44. The number of urea groups is 1. The van der Waals surface area contributed by atoms with Crippen molar-refractivity contribution in [3.8, 4) is 0 Å². The molecule has 2 amide bonds. The molecule has 0 radical (unpaired) electrons. The van der Waals surface area contributed by atoms with Crippen LogP contribution in [0.2, 0.25) is 0 Å². The lowest BCUT2D eigenvalue weighted by atomic mass is 10.1. The van der Waals surface area contributed by atoms with Gasteiger partial charge in [0.2, 0.25) is 0 Å². The van der Waals surface area contributed by atoms with E-state index in [1.165, 1.54) is 19.3 Å². The molecule has 0 saturated carbocycles. The van der Waals surface area contributed by atoms with Crippen molar-refractivity contribution in [3.63, 3.8) is 0 Å². The molecule has 1 fully saturated rings. The average Bonchev–Trinajstić information content (AvgIpc) is 2.77. The Morgan fingerprint density at radius 3 is 2.90 bits per heavy atom. The summed E-state index contributed by atoms with van der Waals surface area (Å²) in [7, 11) is 1.41. The van der Waals surface area contributed by atoms with Crippen molar-refractivity contribution in [2.24, 2.45) is 0 Å². The van der Waals surface area contributed by atoms with Crippen molar-refractivity contribution < 1.29 is 22.7 Å². The standard InChI is InChI=1S/C13H16F3N3O2/c1-8(9-3-4-17-5-10(9)14)19(2)12(20)18-11-6-21-7-13(11,15)16/h3-5,8,11H,6-7H2,1-2H3,(H,18,20)/t8-,11+/m0/s1. The summed E-state index contributed by atoms with van der Waals surface area (Å²) in [5, 5.41) is 2.21. The maximum absolute atomic E-state index is 13.6. The van der Waals surface area contributed by atoms with Gasteiger partial charge in [0.15, 0.2) is 0 Å². The van der Waals surface area contributed by atoms with Crippen LogP contribution in [-0.2, 0) is 4.74 Å². The summed E-state index contributed by atoms with van der Waals surface area (Å²) >= 11 is 0. The number of pyridine rings is 1. The van der Waals surface area contributed by atoms with Gasteiger partial charge in [-0.2, -0.15) is 0 Å². The van der Waals surface area contributed by atoms with Gasteiger partial charge in [-0.1, -0.05) is 0 Å². The third kappa shape index (κ3) is 3.26. The lowest BCUT2D eigenvalue weighted by Crippen LogP contribution is -2.51. The lowest BCUT2D eigenvalue weighted by Gasteiger charge is -2.28. The molecule has 1 aliphatic heterocycles. The van der Waals surface area contributed by atoms with Crippen LogP contribution in [0.4, 0.5) is 18.0 Å². The van der Waals surface area contributed by atoms with Crippen LogP contribution in [0.1, 0.15) is 18.5 Å². The van der Waals surface area contributed by atoms with Crippen molar-refractivity contribution in [3.05, 3.63) is 29.8 Å². The van der Waals surface area contributed by atoms with Gasteiger partial charge in [-0.3, -0.25) is 4.98 Å². The number of carbonyl (C=O) groups excluding carboxylic acids is 1. The van der Waals surface area contributed by atoms with Crippen LogP contribution in [0.25, 0.3) is 0 Å². The number of alkyl halides is 2. The molecule has 0 spiro atoms. The Labute approximate surface area is 120 Å². The zero-order valence-corrected chi connectivity index (χ0v) is 11.6. The van der Waals surface area contributed by atoms with Crippen molar-refractivity contribution in [2.45, 2.75) is 24.9 Å². The Morgan fingerprint density at radius 2 is 2.33 bits per heavy atom. The first-order valence-electron chi connectivity index (χ1n) is 6.41. The van der Waals surface area contributed by atoms with E-state index in [1.54, 1.807) is 6.92 Å². The van der Waals surface area contributed by atoms with Gasteiger partial charge >= 0.3 is 6.03 Å². The summed E-state index contributed by atoms with van der Waals surface area (Å²) in [5.74, 6) is -3.65. The van der Waals surface area contributed by atoms with Gasteiger partial charge in [-0.25, -0.2) is 18.0 Å². The predicted molar refractivity (Wildman–Crippen MR) is 68.5 cm³/mol. The normalized spacial score (nSPS) is 21.9. The molecule has 116 valence electrons. The lowest BCUT2D eigenvalue weighted by molar-refractivity contribution is -0.0223. The van der Waals surface area contributed by atoms with Gasteiger partial charge in [0.05, 0.1) is 18.8 Å². The summed E-state index contributed by atoms with van der Waals surface area (Å²) in [5.41, 5.74) is 0.261. The number of nitrogens with zero attached hydrogens (tertiary/aromatic N) is 2. The van der Waals surface area contributed by atoms with Gasteiger partial charge in [0.25, 0.3) is 5.92 Å². The molecule has 21 heavy (non-hydrogen) atoms. The van der Waals surface area contributed by atoms with Crippen LogP contribution >= 0.6 is 0 Å². The first kappa shape index (κ1) is 15.6. The van der Waals surface area contributed by atoms with Crippen molar-refractivity contribution in [1.29, 1.82) is 0 Å². The average molecular weight is 303 g/mol. The number of amides is 2. The molecule has 1 aromatic rings. The first-order chi connectivity index (χ1) is 9.83. The number of nitrogens with one attached hydrogen (secondary N) is 1. The smallest absolute Gasteiger partial charge is 0.318 e. The van der Waals surface area contributed by atoms with Gasteiger partial charge in [-0.15, -0.1) is 0 Å². The van der Waals surface area contributed by atoms with Crippen LogP contribution in [0, 0.1) is 5.82 Å².